The number of carbonyl (C=O) groups excluding carboxylic acids is 1. The number of nitrogens with zero attached hydrogens (tertiary/aromatic N) is 1. The van der Waals surface area contributed by atoms with E-state index < -0.39 is 10.0 Å². The zero-order valence-corrected chi connectivity index (χ0v) is 15.5. The van der Waals surface area contributed by atoms with Crippen molar-refractivity contribution in [2.45, 2.75) is 38.4 Å². The molecule has 1 unspecified atom stereocenters. The van der Waals surface area contributed by atoms with Gasteiger partial charge in [0.1, 0.15) is 0 Å². The van der Waals surface area contributed by atoms with Gasteiger partial charge in [-0.05, 0) is 31.4 Å². The van der Waals surface area contributed by atoms with Crippen LogP contribution in [0.15, 0.2) is 24.3 Å². The second kappa shape index (κ2) is 8.29. The first-order valence-electron chi connectivity index (χ1n) is 7.99. The van der Waals surface area contributed by atoms with Gasteiger partial charge >= 0.3 is 0 Å². The lowest BCUT2D eigenvalue weighted by atomic mass is 10.0. The third-order valence-corrected chi connectivity index (χ3v) is 5.38. The van der Waals surface area contributed by atoms with Crippen molar-refractivity contribution in [3.8, 4) is 0 Å². The lowest BCUT2D eigenvalue weighted by Crippen LogP contribution is -2.51. The van der Waals surface area contributed by atoms with Gasteiger partial charge in [-0.15, -0.1) is 0 Å². The van der Waals surface area contributed by atoms with E-state index in [0.29, 0.717) is 37.5 Å². The fraction of sp³-hybridized carbons (Fsp3) is 0.562. The molecule has 1 aromatic rings. The zero-order valence-electron chi connectivity index (χ0n) is 14.0. The van der Waals surface area contributed by atoms with E-state index in [2.05, 4.69) is 14.9 Å². The number of halogens is 1. The molecule has 1 fully saturated rings. The molecule has 1 aromatic carbocycles. The van der Waals surface area contributed by atoms with E-state index in [4.69, 9.17) is 11.6 Å². The predicted molar refractivity (Wildman–Crippen MR) is 95.3 cm³/mol. The number of sulfonamides is 1. The number of piperidine rings is 1. The lowest BCUT2D eigenvalue weighted by molar-refractivity contribution is -0.126. The quantitative estimate of drug-likeness (QED) is 0.789. The van der Waals surface area contributed by atoms with Gasteiger partial charge in [-0.1, -0.05) is 29.8 Å². The van der Waals surface area contributed by atoms with E-state index in [1.54, 1.807) is 6.07 Å². The van der Waals surface area contributed by atoms with E-state index in [-0.39, 0.29) is 18.0 Å². The first-order valence-corrected chi connectivity index (χ1v) is 10.3. The summed E-state index contributed by atoms with van der Waals surface area (Å²) in [7, 11) is -3.18. The Morgan fingerprint density at radius 3 is 2.54 bits per heavy atom. The van der Waals surface area contributed by atoms with Crippen LogP contribution in [0.25, 0.3) is 0 Å². The number of benzene rings is 1. The van der Waals surface area contributed by atoms with Crippen molar-refractivity contribution in [2.75, 3.05) is 19.3 Å². The Bertz CT molecular complexity index is 673. The van der Waals surface area contributed by atoms with Crippen molar-refractivity contribution in [1.82, 2.24) is 14.9 Å². The molecule has 134 valence electrons. The fourth-order valence-electron chi connectivity index (χ4n) is 2.84. The molecule has 2 rings (SSSR count). The highest BCUT2D eigenvalue weighted by atomic mass is 35.5. The SMILES string of the molecule is CC(C(=O)NCc1ccccc1Cl)N1CCC(NS(C)(=O)=O)CC1. The first-order chi connectivity index (χ1) is 11.3. The molecule has 24 heavy (non-hydrogen) atoms. The van der Waals surface area contributed by atoms with Crippen LogP contribution in [0, 0.1) is 0 Å². The van der Waals surface area contributed by atoms with Crippen LogP contribution in [0.5, 0.6) is 0 Å². The Kier molecular flexibility index (Phi) is 6.62. The summed E-state index contributed by atoms with van der Waals surface area (Å²) in [5.74, 6) is -0.0514. The Hall–Kier alpha value is -1.15. The molecule has 0 radical (unpaired) electrons. The molecule has 0 bridgehead atoms. The summed E-state index contributed by atoms with van der Waals surface area (Å²) < 4.78 is 25.2. The van der Waals surface area contributed by atoms with E-state index in [1.807, 2.05) is 25.1 Å². The van der Waals surface area contributed by atoms with Crippen LogP contribution in [-0.4, -0.2) is 50.7 Å². The smallest absolute Gasteiger partial charge is 0.237 e. The van der Waals surface area contributed by atoms with Crippen LogP contribution in [0.2, 0.25) is 5.02 Å². The molecule has 0 spiro atoms. The van der Waals surface area contributed by atoms with E-state index in [0.717, 1.165) is 5.56 Å². The number of hydrogen-bond donors (Lipinski definition) is 2. The number of amides is 1. The third-order valence-electron chi connectivity index (χ3n) is 4.25. The van der Waals surface area contributed by atoms with Crippen LogP contribution in [-0.2, 0) is 21.4 Å². The number of nitrogens with one attached hydrogen (secondary N) is 2. The normalized spacial score (nSPS) is 18.3. The van der Waals surface area contributed by atoms with Gasteiger partial charge in [0, 0.05) is 30.7 Å². The van der Waals surface area contributed by atoms with E-state index >= 15 is 0 Å². The van der Waals surface area contributed by atoms with Gasteiger partial charge in [0.05, 0.1) is 12.3 Å². The van der Waals surface area contributed by atoms with Crippen molar-refractivity contribution in [3.63, 3.8) is 0 Å². The maximum atomic E-state index is 12.3. The lowest BCUT2D eigenvalue weighted by Gasteiger charge is -2.35. The topological polar surface area (TPSA) is 78.5 Å². The molecule has 2 N–H and O–H groups in total. The number of hydrogen-bond acceptors (Lipinski definition) is 4. The average Bonchev–Trinajstić information content (AvgIpc) is 2.52. The summed E-state index contributed by atoms with van der Waals surface area (Å²) in [6.45, 7) is 3.64. The first kappa shape index (κ1) is 19.2. The third kappa shape index (κ3) is 5.73. The summed E-state index contributed by atoms with van der Waals surface area (Å²) in [4.78, 5) is 14.4. The number of rotatable bonds is 6. The number of carbonyl (C=O) groups is 1. The van der Waals surface area contributed by atoms with Gasteiger partial charge in [0.15, 0.2) is 0 Å². The molecular formula is C16H24ClN3O3S. The van der Waals surface area contributed by atoms with Gasteiger partial charge in [-0.2, -0.15) is 0 Å². The average molecular weight is 374 g/mol. The molecule has 1 aliphatic rings. The zero-order chi connectivity index (χ0) is 17.7. The molecule has 1 heterocycles. The van der Waals surface area contributed by atoms with Crippen molar-refractivity contribution in [1.29, 1.82) is 0 Å². The Balaban J connectivity index is 1.81. The summed E-state index contributed by atoms with van der Waals surface area (Å²) in [6, 6.07) is 7.12. The maximum Gasteiger partial charge on any atom is 0.237 e. The fourth-order valence-corrected chi connectivity index (χ4v) is 3.89. The predicted octanol–water partition coefficient (Wildman–Crippen LogP) is 1.36. The van der Waals surface area contributed by atoms with E-state index in [1.165, 1.54) is 6.26 Å². The van der Waals surface area contributed by atoms with Gasteiger partial charge in [0.2, 0.25) is 15.9 Å². The minimum absolute atomic E-state index is 0.0466. The van der Waals surface area contributed by atoms with Gasteiger partial charge < -0.3 is 5.32 Å². The highest BCUT2D eigenvalue weighted by Crippen LogP contribution is 2.16. The summed E-state index contributed by atoms with van der Waals surface area (Å²) >= 11 is 6.09. The van der Waals surface area contributed by atoms with Crippen molar-refractivity contribution >= 4 is 27.5 Å². The molecule has 0 aliphatic carbocycles. The van der Waals surface area contributed by atoms with Gasteiger partial charge in [-0.25, -0.2) is 13.1 Å². The summed E-state index contributed by atoms with van der Waals surface area (Å²) in [6.07, 6.45) is 2.58. The molecule has 0 saturated carbocycles. The maximum absolute atomic E-state index is 12.3. The Morgan fingerprint density at radius 2 is 1.96 bits per heavy atom. The molecule has 1 saturated heterocycles. The van der Waals surface area contributed by atoms with Crippen LogP contribution in [0.1, 0.15) is 25.3 Å². The largest absolute Gasteiger partial charge is 0.351 e. The molecular weight excluding hydrogens is 350 g/mol. The van der Waals surface area contributed by atoms with E-state index in [9.17, 15) is 13.2 Å². The van der Waals surface area contributed by atoms with Gasteiger partial charge in [0.25, 0.3) is 0 Å². The Morgan fingerprint density at radius 1 is 1.33 bits per heavy atom. The van der Waals surface area contributed by atoms with Crippen molar-refractivity contribution in [3.05, 3.63) is 34.9 Å². The minimum atomic E-state index is -3.18. The van der Waals surface area contributed by atoms with Crippen LogP contribution in [0.4, 0.5) is 0 Å². The number of likely N-dealkylation sites (tertiary alicyclic amines) is 1. The molecule has 0 aromatic heterocycles. The second-order valence-corrected chi connectivity index (χ2v) is 8.37. The van der Waals surface area contributed by atoms with Crippen molar-refractivity contribution < 1.29 is 13.2 Å². The summed E-state index contributed by atoms with van der Waals surface area (Å²) in [5, 5.41) is 3.55. The van der Waals surface area contributed by atoms with Crippen LogP contribution >= 0.6 is 11.6 Å². The minimum Gasteiger partial charge on any atom is -0.351 e. The monoisotopic (exact) mass is 373 g/mol. The molecule has 1 aliphatic heterocycles. The van der Waals surface area contributed by atoms with Gasteiger partial charge in [-0.3, -0.25) is 9.69 Å². The second-order valence-electron chi connectivity index (χ2n) is 6.19. The molecule has 8 heteroatoms. The van der Waals surface area contributed by atoms with Crippen LogP contribution < -0.4 is 10.0 Å². The highest BCUT2D eigenvalue weighted by Gasteiger charge is 2.27. The standard InChI is InChI=1S/C16H24ClN3O3S/c1-12(16(21)18-11-13-5-3-4-6-15(13)17)20-9-7-14(8-10-20)19-24(2,22)23/h3-6,12,14,19H,7-11H2,1-2H3,(H,18,21). The molecule has 6 nitrogen and oxygen atoms in total. The highest BCUT2D eigenvalue weighted by molar-refractivity contribution is 7.88. The Labute approximate surface area is 148 Å². The molecule has 1 amide bonds. The summed E-state index contributed by atoms with van der Waals surface area (Å²) in [5.41, 5.74) is 0.885. The molecule has 1 atom stereocenters. The van der Waals surface area contributed by atoms with Crippen LogP contribution in [0.3, 0.4) is 0 Å². The van der Waals surface area contributed by atoms with Crippen molar-refractivity contribution in [2.24, 2.45) is 0 Å².